The summed E-state index contributed by atoms with van der Waals surface area (Å²) in [4.78, 5) is 11.6. The lowest BCUT2D eigenvalue weighted by atomic mass is 10.1. The van der Waals surface area contributed by atoms with Crippen molar-refractivity contribution in [3.63, 3.8) is 0 Å². The molecule has 2 aromatic carbocycles. The van der Waals surface area contributed by atoms with Crippen molar-refractivity contribution >= 4 is 5.82 Å². The Kier molecular flexibility index (Phi) is 5.18. The van der Waals surface area contributed by atoms with Crippen LogP contribution in [0.4, 0.5) is 5.82 Å². The maximum absolute atomic E-state index is 4.76. The molecule has 4 nitrogen and oxygen atoms in total. The fourth-order valence-corrected chi connectivity index (χ4v) is 2.42. The molecule has 3 rings (SSSR count). The van der Waals surface area contributed by atoms with Gasteiger partial charge in [0, 0.05) is 30.3 Å². The Bertz CT molecular complexity index is 712. The minimum Gasteiger partial charge on any atom is -0.369 e. The molecule has 1 aromatic heterocycles. The summed E-state index contributed by atoms with van der Waals surface area (Å²) >= 11 is 0. The standard InChI is InChI=1S/C20H22N4/c1-24(2)14-13-21-19-15-18(16-9-5-3-6-10-16)22-20(23-19)17-11-7-4-8-12-17/h3-12,15H,13-14H2,1-2H3,(H,21,22,23). The lowest BCUT2D eigenvalue weighted by Gasteiger charge is -2.13. The lowest BCUT2D eigenvalue weighted by Crippen LogP contribution is -2.21. The second kappa shape index (κ2) is 7.70. The molecular weight excluding hydrogens is 296 g/mol. The Balaban J connectivity index is 1.96. The first-order valence-corrected chi connectivity index (χ1v) is 8.11. The number of nitrogens with zero attached hydrogens (tertiary/aromatic N) is 3. The zero-order valence-corrected chi connectivity index (χ0v) is 14.1. The van der Waals surface area contributed by atoms with Gasteiger partial charge in [0.05, 0.1) is 5.69 Å². The fraction of sp³-hybridized carbons (Fsp3) is 0.200. The number of rotatable bonds is 6. The third kappa shape index (κ3) is 4.18. The highest BCUT2D eigenvalue weighted by atomic mass is 15.1. The fourth-order valence-electron chi connectivity index (χ4n) is 2.42. The molecule has 1 heterocycles. The summed E-state index contributed by atoms with van der Waals surface area (Å²) in [5.74, 6) is 1.59. The van der Waals surface area contributed by atoms with E-state index in [-0.39, 0.29) is 0 Å². The molecule has 24 heavy (non-hydrogen) atoms. The molecule has 0 bridgehead atoms. The molecule has 0 aliphatic heterocycles. The average molecular weight is 318 g/mol. The van der Waals surface area contributed by atoms with Gasteiger partial charge in [-0.2, -0.15) is 0 Å². The van der Waals surface area contributed by atoms with Crippen molar-refractivity contribution in [2.24, 2.45) is 0 Å². The van der Waals surface area contributed by atoms with Crippen LogP contribution in [0.1, 0.15) is 0 Å². The minimum absolute atomic E-state index is 0.740. The number of nitrogens with one attached hydrogen (secondary N) is 1. The summed E-state index contributed by atoms with van der Waals surface area (Å²) in [6.45, 7) is 1.79. The molecule has 0 aliphatic carbocycles. The van der Waals surface area contributed by atoms with Gasteiger partial charge >= 0.3 is 0 Å². The Morgan fingerprint density at radius 1 is 0.833 bits per heavy atom. The van der Waals surface area contributed by atoms with Crippen LogP contribution in [0.15, 0.2) is 66.7 Å². The Morgan fingerprint density at radius 2 is 1.46 bits per heavy atom. The SMILES string of the molecule is CN(C)CCNc1cc(-c2ccccc2)nc(-c2ccccc2)n1. The summed E-state index contributed by atoms with van der Waals surface area (Å²) in [6, 6.07) is 22.3. The molecule has 1 N–H and O–H groups in total. The highest BCUT2D eigenvalue weighted by Crippen LogP contribution is 2.24. The van der Waals surface area contributed by atoms with Crippen LogP contribution in [-0.2, 0) is 0 Å². The van der Waals surface area contributed by atoms with E-state index in [2.05, 4.69) is 41.4 Å². The first-order valence-electron chi connectivity index (χ1n) is 8.11. The van der Waals surface area contributed by atoms with Crippen LogP contribution < -0.4 is 5.32 Å². The van der Waals surface area contributed by atoms with Crippen molar-refractivity contribution in [2.45, 2.75) is 0 Å². The van der Waals surface area contributed by atoms with Crippen molar-refractivity contribution in [2.75, 3.05) is 32.5 Å². The van der Waals surface area contributed by atoms with Gasteiger partial charge in [0.1, 0.15) is 5.82 Å². The van der Waals surface area contributed by atoms with Crippen molar-refractivity contribution in [3.8, 4) is 22.6 Å². The van der Waals surface area contributed by atoms with Crippen molar-refractivity contribution < 1.29 is 0 Å². The van der Waals surface area contributed by atoms with Gasteiger partial charge in [-0.3, -0.25) is 0 Å². The van der Waals surface area contributed by atoms with Crippen molar-refractivity contribution in [1.29, 1.82) is 0 Å². The number of aromatic nitrogens is 2. The zero-order chi connectivity index (χ0) is 16.8. The molecule has 0 atom stereocenters. The highest BCUT2D eigenvalue weighted by Gasteiger charge is 2.08. The lowest BCUT2D eigenvalue weighted by molar-refractivity contribution is 0.425. The van der Waals surface area contributed by atoms with Gasteiger partial charge < -0.3 is 10.2 Å². The van der Waals surface area contributed by atoms with Crippen LogP contribution in [0.5, 0.6) is 0 Å². The minimum atomic E-state index is 0.740. The average Bonchev–Trinajstić information content (AvgIpc) is 2.63. The summed E-state index contributed by atoms with van der Waals surface area (Å²) < 4.78 is 0. The molecule has 3 aromatic rings. The quantitative estimate of drug-likeness (QED) is 0.751. The maximum atomic E-state index is 4.76. The number of benzene rings is 2. The van der Waals surface area contributed by atoms with Crippen molar-refractivity contribution in [1.82, 2.24) is 14.9 Å². The molecule has 0 unspecified atom stereocenters. The molecular formula is C20H22N4. The first-order chi connectivity index (χ1) is 11.7. The van der Waals surface area contributed by atoms with E-state index >= 15 is 0 Å². The molecule has 4 heteroatoms. The molecule has 0 radical (unpaired) electrons. The smallest absolute Gasteiger partial charge is 0.162 e. The molecule has 0 saturated carbocycles. The third-order valence-electron chi connectivity index (χ3n) is 3.69. The van der Waals surface area contributed by atoms with Gasteiger partial charge in [-0.1, -0.05) is 60.7 Å². The summed E-state index contributed by atoms with van der Waals surface area (Å²) in [6.07, 6.45) is 0. The third-order valence-corrected chi connectivity index (χ3v) is 3.69. The van der Waals surface area contributed by atoms with Crippen LogP contribution in [0.2, 0.25) is 0 Å². The van der Waals surface area contributed by atoms with Gasteiger partial charge in [-0.15, -0.1) is 0 Å². The first kappa shape index (κ1) is 16.1. The van der Waals surface area contributed by atoms with E-state index in [1.54, 1.807) is 0 Å². The van der Waals surface area contributed by atoms with E-state index < -0.39 is 0 Å². The van der Waals surface area contributed by atoms with E-state index in [9.17, 15) is 0 Å². The number of anilines is 1. The van der Waals surface area contributed by atoms with Crippen LogP contribution in [0.3, 0.4) is 0 Å². The maximum Gasteiger partial charge on any atom is 0.162 e. The van der Waals surface area contributed by atoms with Crippen LogP contribution in [0.25, 0.3) is 22.6 Å². The van der Waals surface area contributed by atoms with Crippen LogP contribution >= 0.6 is 0 Å². The van der Waals surface area contributed by atoms with E-state index in [0.717, 1.165) is 41.6 Å². The normalized spacial score (nSPS) is 10.8. The second-order valence-electron chi connectivity index (χ2n) is 5.92. The summed E-state index contributed by atoms with van der Waals surface area (Å²) in [5.41, 5.74) is 3.04. The van der Waals surface area contributed by atoms with Gasteiger partial charge in [0.2, 0.25) is 0 Å². The predicted octanol–water partition coefficient (Wildman–Crippen LogP) is 3.78. The van der Waals surface area contributed by atoms with E-state index in [1.807, 2.05) is 54.6 Å². The number of hydrogen-bond donors (Lipinski definition) is 1. The van der Waals surface area contributed by atoms with Gasteiger partial charge in [-0.25, -0.2) is 9.97 Å². The monoisotopic (exact) mass is 318 g/mol. The Labute approximate surface area is 143 Å². The number of likely N-dealkylation sites (N-methyl/N-ethyl adjacent to an activating group) is 1. The molecule has 0 fully saturated rings. The second-order valence-corrected chi connectivity index (χ2v) is 5.92. The van der Waals surface area contributed by atoms with E-state index in [4.69, 9.17) is 4.98 Å². The zero-order valence-electron chi connectivity index (χ0n) is 14.1. The summed E-state index contributed by atoms with van der Waals surface area (Å²) in [7, 11) is 4.12. The van der Waals surface area contributed by atoms with Gasteiger partial charge in [0.15, 0.2) is 5.82 Å². The number of hydrogen-bond acceptors (Lipinski definition) is 4. The largest absolute Gasteiger partial charge is 0.369 e. The highest BCUT2D eigenvalue weighted by molar-refractivity contribution is 5.67. The Hall–Kier alpha value is -2.72. The molecule has 0 spiro atoms. The molecule has 0 aliphatic rings. The topological polar surface area (TPSA) is 41.0 Å². The van der Waals surface area contributed by atoms with Crippen molar-refractivity contribution in [3.05, 3.63) is 66.7 Å². The Morgan fingerprint density at radius 3 is 2.08 bits per heavy atom. The molecule has 0 saturated heterocycles. The summed E-state index contributed by atoms with van der Waals surface area (Å²) in [5, 5.41) is 3.40. The molecule has 122 valence electrons. The van der Waals surface area contributed by atoms with Crippen LogP contribution in [0, 0.1) is 0 Å². The molecule has 0 amide bonds. The van der Waals surface area contributed by atoms with Gasteiger partial charge in [0.25, 0.3) is 0 Å². The van der Waals surface area contributed by atoms with E-state index in [1.165, 1.54) is 0 Å². The predicted molar refractivity (Wildman–Crippen MR) is 99.9 cm³/mol. The van der Waals surface area contributed by atoms with Gasteiger partial charge in [-0.05, 0) is 14.1 Å². The van der Waals surface area contributed by atoms with Crippen LogP contribution in [-0.4, -0.2) is 42.1 Å². The van der Waals surface area contributed by atoms with E-state index in [0.29, 0.717) is 0 Å².